The van der Waals surface area contributed by atoms with Gasteiger partial charge in [0.2, 0.25) is 5.91 Å². The summed E-state index contributed by atoms with van der Waals surface area (Å²) in [6.07, 6.45) is -4.32. The second-order valence-electron chi connectivity index (χ2n) is 3.44. The van der Waals surface area contributed by atoms with Crippen molar-refractivity contribution in [2.45, 2.75) is 17.5 Å². The van der Waals surface area contributed by atoms with Crippen LogP contribution in [-0.4, -0.2) is 24.4 Å². The van der Waals surface area contributed by atoms with Crippen LogP contribution in [0, 0.1) is 0 Å². The number of rotatable bonds is 5. The minimum atomic E-state index is -4.36. The van der Waals surface area contributed by atoms with Gasteiger partial charge >= 0.3 is 6.18 Å². The molecule has 0 atom stereocenters. The third-order valence-corrected chi connectivity index (χ3v) is 3.16. The van der Waals surface area contributed by atoms with Gasteiger partial charge in [-0.1, -0.05) is 11.6 Å². The molecule has 0 saturated carbocycles. The van der Waals surface area contributed by atoms with Gasteiger partial charge in [0.1, 0.15) is 6.54 Å². The summed E-state index contributed by atoms with van der Waals surface area (Å²) in [7, 11) is 0. The summed E-state index contributed by atoms with van der Waals surface area (Å²) in [5.41, 5.74) is 0. The molecule has 1 aromatic rings. The summed E-state index contributed by atoms with van der Waals surface area (Å²) in [6.45, 7) is -1.28. The van der Waals surface area contributed by atoms with Crippen molar-refractivity contribution in [1.82, 2.24) is 5.32 Å². The van der Waals surface area contributed by atoms with Gasteiger partial charge in [-0.2, -0.15) is 13.2 Å². The molecule has 18 heavy (non-hydrogen) atoms. The van der Waals surface area contributed by atoms with Gasteiger partial charge in [-0.3, -0.25) is 4.79 Å². The van der Waals surface area contributed by atoms with E-state index in [1.807, 2.05) is 5.32 Å². The van der Waals surface area contributed by atoms with Gasteiger partial charge in [-0.25, -0.2) is 0 Å². The number of hydrogen-bond acceptors (Lipinski definition) is 2. The molecule has 0 aliphatic carbocycles. The zero-order valence-electron chi connectivity index (χ0n) is 9.26. The van der Waals surface area contributed by atoms with Crippen molar-refractivity contribution >= 4 is 29.3 Å². The van der Waals surface area contributed by atoms with Crippen LogP contribution in [-0.2, 0) is 4.79 Å². The van der Waals surface area contributed by atoms with E-state index in [2.05, 4.69) is 0 Å². The first-order valence-electron chi connectivity index (χ1n) is 5.08. The van der Waals surface area contributed by atoms with Crippen molar-refractivity contribution < 1.29 is 18.0 Å². The lowest BCUT2D eigenvalue weighted by molar-refractivity contribution is -0.138. The molecular formula is C11H11ClF3NOS. The first-order chi connectivity index (χ1) is 8.37. The average Bonchev–Trinajstić information content (AvgIpc) is 2.28. The van der Waals surface area contributed by atoms with Crippen LogP contribution in [0.4, 0.5) is 13.2 Å². The van der Waals surface area contributed by atoms with Gasteiger partial charge in [0.15, 0.2) is 0 Å². The number of alkyl halides is 3. The van der Waals surface area contributed by atoms with Crippen LogP contribution < -0.4 is 5.32 Å². The van der Waals surface area contributed by atoms with Crippen molar-refractivity contribution in [3.8, 4) is 0 Å². The van der Waals surface area contributed by atoms with E-state index in [1.165, 1.54) is 11.8 Å². The van der Waals surface area contributed by atoms with E-state index in [0.717, 1.165) is 4.90 Å². The molecule has 0 unspecified atom stereocenters. The molecule has 1 N–H and O–H groups in total. The van der Waals surface area contributed by atoms with E-state index < -0.39 is 18.6 Å². The molecule has 0 spiro atoms. The minimum Gasteiger partial charge on any atom is -0.347 e. The molecule has 100 valence electrons. The normalized spacial score (nSPS) is 11.3. The maximum atomic E-state index is 11.8. The summed E-state index contributed by atoms with van der Waals surface area (Å²) in [5.74, 6) is -0.181. The van der Waals surface area contributed by atoms with Crippen LogP contribution in [0.1, 0.15) is 6.42 Å². The Balaban J connectivity index is 2.21. The molecule has 7 heteroatoms. The first-order valence-corrected chi connectivity index (χ1v) is 6.45. The Kier molecular flexibility index (Phi) is 5.81. The summed E-state index contributed by atoms with van der Waals surface area (Å²) in [4.78, 5) is 12.0. The molecule has 2 nitrogen and oxygen atoms in total. The van der Waals surface area contributed by atoms with E-state index >= 15 is 0 Å². The molecule has 0 radical (unpaired) electrons. The highest BCUT2D eigenvalue weighted by Crippen LogP contribution is 2.20. The molecule has 0 fully saturated rings. The zero-order valence-corrected chi connectivity index (χ0v) is 10.8. The lowest BCUT2D eigenvalue weighted by atomic mass is 10.4. The number of carbonyl (C=O) groups is 1. The van der Waals surface area contributed by atoms with E-state index in [9.17, 15) is 18.0 Å². The molecule has 0 saturated heterocycles. The standard InChI is InChI=1S/C11H11ClF3NOS/c12-8-1-3-9(4-2-8)18-6-5-10(17)16-7-11(13,14)15/h1-4H,5-7H2,(H,16,17). The molecule has 1 amide bonds. The molecule has 0 aliphatic heterocycles. The summed E-state index contributed by atoms with van der Waals surface area (Å²) in [6, 6.07) is 7.02. The fourth-order valence-electron chi connectivity index (χ4n) is 1.08. The predicted molar refractivity (Wildman–Crippen MR) is 65.9 cm³/mol. The molecule has 0 aromatic heterocycles. The number of benzene rings is 1. The quantitative estimate of drug-likeness (QED) is 0.843. The molecule has 1 rings (SSSR count). The second-order valence-corrected chi connectivity index (χ2v) is 5.05. The maximum Gasteiger partial charge on any atom is 0.405 e. The molecular weight excluding hydrogens is 287 g/mol. The van der Waals surface area contributed by atoms with Crippen molar-refractivity contribution in [3.63, 3.8) is 0 Å². The molecule has 0 aliphatic rings. The van der Waals surface area contributed by atoms with Gasteiger partial charge in [-0.05, 0) is 24.3 Å². The number of thioether (sulfide) groups is 1. The minimum absolute atomic E-state index is 0.0450. The number of hydrogen-bond donors (Lipinski definition) is 1. The highest BCUT2D eigenvalue weighted by molar-refractivity contribution is 7.99. The van der Waals surface area contributed by atoms with Crippen LogP contribution in [0.2, 0.25) is 5.02 Å². The summed E-state index contributed by atoms with van der Waals surface area (Å²) >= 11 is 7.09. The first kappa shape index (κ1) is 15.2. The third-order valence-electron chi connectivity index (χ3n) is 1.90. The van der Waals surface area contributed by atoms with Crippen molar-refractivity contribution in [2.75, 3.05) is 12.3 Å². The van der Waals surface area contributed by atoms with E-state index in [1.54, 1.807) is 24.3 Å². The fraction of sp³-hybridized carbons (Fsp3) is 0.364. The van der Waals surface area contributed by atoms with Crippen LogP contribution in [0.25, 0.3) is 0 Å². The topological polar surface area (TPSA) is 29.1 Å². The van der Waals surface area contributed by atoms with E-state index in [-0.39, 0.29) is 6.42 Å². The van der Waals surface area contributed by atoms with Gasteiger partial charge in [0, 0.05) is 22.1 Å². The molecule has 0 heterocycles. The van der Waals surface area contributed by atoms with Gasteiger partial charge in [0.25, 0.3) is 0 Å². The smallest absolute Gasteiger partial charge is 0.347 e. The SMILES string of the molecule is O=C(CCSc1ccc(Cl)cc1)NCC(F)(F)F. The summed E-state index contributed by atoms with van der Waals surface area (Å²) < 4.78 is 35.4. The monoisotopic (exact) mass is 297 g/mol. The Morgan fingerprint density at radius 3 is 2.44 bits per heavy atom. The van der Waals surface area contributed by atoms with E-state index in [0.29, 0.717) is 10.8 Å². The lowest BCUT2D eigenvalue weighted by Crippen LogP contribution is -2.33. The lowest BCUT2D eigenvalue weighted by Gasteiger charge is -2.08. The number of carbonyl (C=O) groups excluding carboxylic acids is 1. The number of halogens is 4. The largest absolute Gasteiger partial charge is 0.405 e. The Hall–Kier alpha value is -0.880. The van der Waals surface area contributed by atoms with Crippen molar-refractivity contribution in [2.24, 2.45) is 0 Å². The number of amides is 1. The highest BCUT2D eigenvalue weighted by atomic mass is 35.5. The van der Waals surface area contributed by atoms with Gasteiger partial charge in [-0.15, -0.1) is 11.8 Å². The molecule has 1 aromatic carbocycles. The zero-order chi connectivity index (χ0) is 13.6. The third kappa shape index (κ3) is 6.76. The average molecular weight is 298 g/mol. The van der Waals surface area contributed by atoms with Crippen molar-refractivity contribution in [1.29, 1.82) is 0 Å². The highest BCUT2D eigenvalue weighted by Gasteiger charge is 2.27. The fourth-order valence-corrected chi connectivity index (χ4v) is 2.06. The Labute approximate surface area is 112 Å². The predicted octanol–water partition coefficient (Wildman–Crippen LogP) is 3.50. The Bertz CT molecular complexity index is 394. The Morgan fingerprint density at radius 2 is 1.89 bits per heavy atom. The van der Waals surface area contributed by atoms with Crippen LogP contribution in [0.3, 0.4) is 0 Å². The molecule has 0 bridgehead atoms. The van der Waals surface area contributed by atoms with Crippen LogP contribution in [0.5, 0.6) is 0 Å². The van der Waals surface area contributed by atoms with Crippen molar-refractivity contribution in [3.05, 3.63) is 29.3 Å². The number of nitrogens with one attached hydrogen (secondary N) is 1. The van der Waals surface area contributed by atoms with E-state index in [4.69, 9.17) is 11.6 Å². The summed E-state index contributed by atoms with van der Waals surface area (Å²) in [5, 5.41) is 2.43. The van der Waals surface area contributed by atoms with Crippen LogP contribution >= 0.6 is 23.4 Å². The van der Waals surface area contributed by atoms with Gasteiger partial charge < -0.3 is 5.32 Å². The Morgan fingerprint density at radius 1 is 1.28 bits per heavy atom. The van der Waals surface area contributed by atoms with Crippen LogP contribution in [0.15, 0.2) is 29.2 Å². The second kappa shape index (κ2) is 6.89. The maximum absolute atomic E-state index is 11.8. The van der Waals surface area contributed by atoms with Gasteiger partial charge in [0.05, 0.1) is 0 Å².